The van der Waals surface area contributed by atoms with Crippen LogP contribution < -0.4 is 5.32 Å². The number of cyclic esters (lactones) is 1. The molecule has 1 aliphatic rings. The highest BCUT2D eigenvalue weighted by Crippen LogP contribution is 2.22. The van der Waals surface area contributed by atoms with Gasteiger partial charge in [-0.15, -0.1) is 10.2 Å². The first-order valence-corrected chi connectivity index (χ1v) is 7.67. The second kappa shape index (κ2) is 6.20. The summed E-state index contributed by atoms with van der Waals surface area (Å²) >= 11 is 0. The number of rotatable bonds is 3. The summed E-state index contributed by atoms with van der Waals surface area (Å²) in [5.74, 6) is -0.446. The molecule has 0 saturated heterocycles. The van der Waals surface area contributed by atoms with Gasteiger partial charge in [-0.2, -0.15) is 0 Å². The fraction of sp³-hybridized carbons (Fsp3) is 0.111. The zero-order chi connectivity index (χ0) is 17.2. The quantitative estimate of drug-likeness (QED) is 0.739. The molecule has 0 spiro atoms. The molecule has 1 atom stereocenters. The van der Waals surface area contributed by atoms with E-state index in [1.807, 2.05) is 12.1 Å². The van der Waals surface area contributed by atoms with Crippen molar-refractivity contribution < 1.29 is 18.7 Å². The first-order chi connectivity index (χ1) is 12.2. The highest BCUT2D eigenvalue weighted by molar-refractivity contribution is 6.00. The molecule has 1 aliphatic heterocycles. The number of amides is 1. The van der Waals surface area contributed by atoms with Gasteiger partial charge in [0.15, 0.2) is 6.10 Å². The Bertz CT molecular complexity index is 920. The second-order valence-corrected chi connectivity index (χ2v) is 5.57. The number of hydrogen-bond acceptors (Lipinski definition) is 6. The van der Waals surface area contributed by atoms with Gasteiger partial charge in [0.05, 0.1) is 5.56 Å². The first-order valence-electron chi connectivity index (χ1n) is 7.67. The molecule has 25 heavy (non-hydrogen) atoms. The maximum Gasteiger partial charge on any atom is 0.339 e. The van der Waals surface area contributed by atoms with E-state index in [1.165, 1.54) is 6.39 Å². The molecule has 1 N–H and O–H groups in total. The van der Waals surface area contributed by atoms with E-state index < -0.39 is 12.1 Å². The highest BCUT2D eigenvalue weighted by Gasteiger charge is 2.31. The molecule has 0 radical (unpaired) electrons. The van der Waals surface area contributed by atoms with Crippen LogP contribution in [-0.4, -0.2) is 28.2 Å². The van der Waals surface area contributed by atoms with Crippen LogP contribution in [0.4, 0.5) is 5.69 Å². The SMILES string of the molecule is O=C1OC(C(=O)Nc2ccc(-c3nnco3)cc2)Cc2ccccc21. The van der Waals surface area contributed by atoms with Crippen LogP contribution >= 0.6 is 0 Å². The normalized spacial score (nSPS) is 16.0. The molecule has 0 saturated carbocycles. The van der Waals surface area contributed by atoms with Crippen molar-refractivity contribution in [1.82, 2.24) is 10.2 Å². The number of benzene rings is 2. The van der Waals surface area contributed by atoms with E-state index in [0.29, 0.717) is 23.6 Å². The number of carbonyl (C=O) groups is 2. The molecule has 0 fully saturated rings. The lowest BCUT2D eigenvalue weighted by molar-refractivity contribution is -0.125. The lowest BCUT2D eigenvalue weighted by Crippen LogP contribution is -2.37. The number of nitrogens with one attached hydrogen (secondary N) is 1. The van der Waals surface area contributed by atoms with E-state index in [-0.39, 0.29) is 5.91 Å². The van der Waals surface area contributed by atoms with Crippen molar-refractivity contribution in [2.24, 2.45) is 0 Å². The Balaban J connectivity index is 1.47. The second-order valence-electron chi connectivity index (χ2n) is 5.57. The topological polar surface area (TPSA) is 94.3 Å². The lowest BCUT2D eigenvalue weighted by Gasteiger charge is -2.23. The molecule has 1 aromatic heterocycles. The summed E-state index contributed by atoms with van der Waals surface area (Å²) in [6.45, 7) is 0. The Morgan fingerprint density at radius 1 is 1.12 bits per heavy atom. The smallest absolute Gasteiger partial charge is 0.339 e. The molecule has 3 aromatic rings. The van der Waals surface area contributed by atoms with E-state index >= 15 is 0 Å². The average Bonchev–Trinajstić information content (AvgIpc) is 3.17. The van der Waals surface area contributed by atoms with Crippen molar-refractivity contribution in [2.45, 2.75) is 12.5 Å². The van der Waals surface area contributed by atoms with E-state index in [9.17, 15) is 9.59 Å². The third-order valence-electron chi connectivity index (χ3n) is 3.94. The van der Waals surface area contributed by atoms with Crippen LogP contribution in [-0.2, 0) is 16.0 Å². The van der Waals surface area contributed by atoms with Crippen molar-refractivity contribution >= 4 is 17.6 Å². The zero-order valence-corrected chi connectivity index (χ0v) is 13.0. The summed E-state index contributed by atoms with van der Waals surface area (Å²) < 4.78 is 10.4. The summed E-state index contributed by atoms with van der Waals surface area (Å²) in [5, 5.41) is 10.2. The first kappa shape index (κ1) is 15.1. The van der Waals surface area contributed by atoms with Crippen LogP contribution in [0.5, 0.6) is 0 Å². The van der Waals surface area contributed by atoms with Gasteiger partial charge in [0.1, 0.15) is 0 Å². The Labute approximate surface area is 142 Å². The Kier molecular flexibility index (Phi) is 3.74. The Morgan fingerprint density at radius 2 is 1.92 bits per heavy atom. The molecule has 2 aromatic carbocycles. The van der Waals surface area contributed by atoms with Gasteiger partial charge < -0.3 is 14.5 Å². The number of aromatic nitrogens is 2. The third kappa shape index (κ3) is 2.99. The average molecular weight is 335 g/mol. The predicted octanol–water partition coefficient (Wildman–Crippen LogP) is 2.46. The van der Waals surface area contributed by atoms with Crippen molar-refractivity contribution in [3.05, 3.63) is 66.1 Å². The maximum atomic E-state index is 12.4. The molecule has 1 amide bonds. The van der Waals surface area contributed by atoms with Gasteiger partial charge in [-0.25, -0.2) is 4.79 Å². The fourth-order valence-corrected chi connectivity index (χ4v) is 2.70. The predicted molar refractivity (Wildman–Crippen MR) is 87.7 cm³/mol. The maximum absolute atomic E-state index is 12.4. The summed E-state index contributed by atoms with van der Waals surface area (Å²) in [7, 11) is 0. The molecule has 7 heteroatoms. The number of fused-ring (bicyclic) bond motifs is 1. The highest BCUT2D eigenvalue weighted by atomic mass is 16.5. The molecule has 7 nitrogen and oxygen atoms in total. The van der Waals surface area contributed by atoms with Crippen LogP contribution in [0.15, 0.2) is 59.3 Å². The standard InChI is InChI=1S/C18H13N3O4/c22-16(15-9-12-3-1-2-4-14(12)18(23)25-15)20-13-7-5-11(6-8-13)17-21-19-10-24-17/h1-8,10,15H,9H2,(H,20,22). The fourth-order valence-electron chi connectivity index (χ4n) is 2.70. The van der Waals surface area contributed by atoms with E-state index in [1.54, 1.807) is 36.4 Å². The van der Waals surface area contributed by atoms with Gasteiger partial charge in [0.2, 0.25) is 12.3 Å². The number of hydrogen-bond donors (Lipinski definition) is 1. The van der Waals surface area contributed by atoms with Crippen LogP contribution in [0.3, 0.4) is 0 Å². The Hall–Kier alpha value is -3.48. The van der Waals surface area contributed by atoms with Gasteiger partial charge in [0.25, 0.3) is 5.91 Å². The van der Waals surface area contributed by atoms with E-state index in [0.717, 1.165) is 11.1 Å². The van der Waals surface area contributed by atoms with Crippen molar-refractivity contribution in [2.75, 3.05) is 5.32 Å². The summed E-state index contributed by atoms with van der Waals surface area (Å²) in [6, 6.07) is 14.1. The van der Waals surface area contributed by atoms with Crippen LogP contribution in [0.2, 0.25) is 0 Å². The molecular formula is C18H13N3O4. The van der Waals surface area contributed by atoms with Gasteiger partial charge in [-0.05, 0) is 35.9 Å². The van der Waals surface area contributed by atoms with Crippen LogP contribution in [0.25, 0.3) is 11.5 Å². The van der Waals surface area contributed by atoms with Gasteiger partial charge >= 0.3 is 5.97 Å². The molecule has 2 heterocycles. The summed E-state index contributed by atoms with van der Waals surface area (Å²) in [5.41, 5.74) is 2.65. The van der Waals surface area contributed by atoms with Crippen molar-refractivity contribution in [1.29, 1.82) is 0 Å². The minimum atomic E-state index is -0.849. The van der Waals surface area contributed by atoms with E-state index in [2.05, 4.69) is 15.5 Å². The van der Waals surface area contributed by atoms with Gasteiger partial charge in [-0.3, -0.25) is 4.79 Å². The number of esters is 1. The number of carbonyl (C=O) groups excluding carboxylic acids is 2. The molecule has 0 bridgehead atoms. The molecule has 0 aliphatic carbocycles. The van der Waals surface area contributed by atoms with Gasteiger partial charge in [-0.1, -0.05) is 18.2 Å². The number of nitrogens with zero attached hydrogens (tertiary/aromatic N) is 2. The van der Waals surface area contributed by atoms with Crippen molar-refractivity contribution in [3.8, 4) is 11.5 Å². The monoisotopic (exact) mass is 335 g/mol. The Morgan fingerprint density at radius 3 is 2.68 bits per heavy atom. The minimum Gasteiger partial charge on any atom is -0.448 e. The summed E-state index contributed by atoms with van der Waals surface area (Å²) in [4.78, 5) is 24.4. The van der Waals surface area contributed by atoms with E-state index in [4.69, 9.17) is 9.15 Å². The zero-order valence-electron chi connectivity index (χ0n) is 13.0. The molecule has 4 rings (SSSR count). The number of ether oxygens (including phenoxy) is 1. The molecule has 124 valence electrons. The van der Waals surface area contributed by atoms with Crippen LogP contribution in [0.1, 0.15) is 15.9 Å². The minimum absolute atomic E-state index is 0.355. The molecule has 1 unspecified atom stereocenters. The van der Waals surface area contributed by atoms with Gasteiger partial charge in [0, 0.05) is 17.7 Å². The molecular weight excluding hydrogens is 322 g/mol. The number of anilines is 1. The van der Waals surface area contributed by atoms with Crippen molar-refractivity contribution in [3.63, 3.8) is 0 Å². The summed E-state index contributed by atoms with van der Waals surface area (Å²) in [6.07, 6.45) is 0.756. The lowest BCUT2D eigenvalue weighted by atomic mass is 9.98. The largest absolute Gasteiger partial charge is 0.448 e. The van der Waals surface area contributed by atoms with Crippen LogP contribution in [0, 0.1) is 0 Å². The third-order valence-corrected chi connectivity index (χ3v) is 3.94.